The van der Waals surface area contributed by atoms with Crippen LogP contribution in [0.1, 0.15) is 179 Å². The zero-order valence-corrected chi connectivity index (χ0v) is 47.9. The van der Waals surface area contributed by atoms with Crippen molar-refractivity contribution < 1.29 is 72.4 Å². The molecule has 0 spiro atoms. The number of hydrogen-bond acceptors (Lipinski definition) is 18. The summed E-state index contributed by atoms with van der Waals surface area (Å²) in [5, 5.41) is 42.4. The first-order valence-electron chi connectivity index (χ1n) is 28.0. The molecule has 0 aromatic rings. The highest BCUT2D eigenvalue weighted by molar-refractivity contribution is 5.88. The van der Waals surface area contributed by atoms with Crippen molar-refractivity contribution in [3.63, 3.8) is 0 Å². The molecule has 0 aromatic carbocycles. The smallest absolute Gasteiger partial charge is 0.422 e. The Morgan fingerprint density at radius 2 is 1.55 bits per heavy atom. The third-order valence-corrected chi connectivity index (χ3v) is 16.4. The minimum absolute atomic E-state index is 0.0235. The van der Waals surface area contributed by atoms with Crippen LogP contribution >= 0.6 is 0 Å². The van der Waals surface area contributed by atoms with Gasteiger partial charge in [0.2, 0.25) is 0 Å². The van der Waals surface area contributed by atoms with E-state index in [4.69, 9.17) is 47.9 Å². The summed E-state index contributed by atoms with van der Waals surface area (Å²) in [6.45, 7) is 21.7. The van der Waals surface area contributed by atoms with Crippen LogP contribution in [-0.2, 0) is 52.3 Å². The lowest BCUT2D eigenvalue weighted by atomic mass is 9.73. The van der Waals surface area contributed by atoms with Crippen LogP contribution in [0.3, 0.4) is 0 Å². The molecule has 3 saturated heterocycles. The van der Waals surface area contributed by atoms with E-state index < -0.39 is 114 Å². The summed E-state index contributed by atoms with van der Waals surface area (Å²) >= 11 is 0. The molecule has 1 saturated carbocycles. The molecule has 1 unspecified atom stereocenters. The Morgan fingerprint density at radius 1 is 0.865 bits per heavy atom. The maximum atomic E-state index is 14.8. The lowest BCUT2D eigenvalue weighted by Crippen LogP contribution is -2.62. The number of oxime groups is 1. The molecule has 1 aliphatic carbocycles. The Labute approximate surface area is 443 Å². The minimum Gasteiger partial charge on any atom is -0.459 e. The summed E-state index contributed by atoms with van der Waals surface area (Å²) in [6, 6.07) is -0.387. The van der Waals surface area contributed by atoms with Crippen molar-refractivity contribution in [3.05, 3.63) is 0 Å². The Hall–Kier alpha value is -2.72. The van der Waals surface area contributed by atoms with Gasteiger partial charge in [-0.15, -0.1) is 0 Å². The van der Waals surface area contributed by atoms with Gasteiger partial charge >= 0.3 is 18.0 Å². The number of esters is 2. The number of amides is 1. The van der Waals surface area contributed by atoms with Crippen molar-refractivity contribution in [3.8, 4) is 0 Å². The van der Waals surface area contributed by atoms with Gasteiger partial charge in [0, 0.05) is 44.8 Å². The number of rotatable bonds is 20. The number of likely N-dealkylation sites (N-methyl/N-ethyl adjacent to an activating group) is 1. The molecule has 0 radical (unpaired) electrons. The van der Waals surface area contributed by atoms with Gasteiger partial charge in [0.05, 0.1) is 53.8 Å². The van der Waals surface area contributed by atoms with E-state index in [2.05, 4.69) is 17.8 Å². The number of aliphatic hydroxyl groups excluding tert-OH is 1. The highest BCUT2D eigenvalue weighted by Crippen LogP contribution is 2.42. The molecule has 5 N–H and O–H groups in total. The second kappa shape index (κ2) is 29.3. The fraction of sp³-hybridized carbons (Fsp3) is 0.927. The normalized spacial score (nSPS) is 39.7. The van der Waals surface area contributed by atoms with Gasteiger partial charge in [0.1, 0.15) is 23.9 Å². The summed E-state index contributed by atoms with van der Waals surface area (Å²) in [7, 11) is 5.29. The predicted octanol–water partition coefficient (Wildman–Crippen LogP) is 7.34. The Balaban J connectivity index is 1.85. The number of aliphatic hydroxyl groups is 3. The fourth-order valence-corrected chi connectivity index (χ4v) is 12.1. The number of hydrazine groups is 1. The van der Waals surface area contributed by atoms with Crippen LogP contribution in [0.2, 0.25) is 0 Å². The van der Waals surface area contributed by atoms with E-state index in [0.29, 0.717) is 31.2 Å². The molecule has 430 valence electrons. The first-order valence-corrected chi connectivity index (χ1v) is 28.0. The van der Waals surface area contributed by atoms with Gasteiger partial charge in [-0.3, -0.25) is 15.0 Å². The van der Waals surface area contributed by atoms with Crippen molar-refractivity contribution in [2.24, 2.45) is 34.7 Å². The third kappa shape index (κ3) is 17.4. The minimum atomic E-state index is -1.97. The molecule has 74 heavy (non-hydrogen) atoms. The van der Waals surface area contributed by atoms with Crippen LogP contribution in [-0.4, -0.2) is 163 Å². The van der Waals surface area contributed by atoms with E-state index in [1.165, 1.54) is 53.1 Å². The molecular weight excluding hydrogens is 957 g/mol. The van der Waals surface area contributed by atoms with Gasteiger partial charge in [-0.2, -0.15) is 0 Å². The SMILES string of the molecule is CCCCCCNNC(=O)O[C@H]1[C@H](O[C@@H]2[C@@H](C)[C@H](O[C@H]3C[C@@](C)(OC)[C@@H](OC(C)=O)[C@H](C)O3)[C@@H](C)C(=O)O[C@H](CC)[C@@](C)(O)[C@H](O)[C@@H](C)/C(=N/OCCCC3CCCCC3)[C@H](C)CC2(C)O)O[C@H](C)C[C@@H]1N(C)C. The number of nitrogens with zero attached hydrogens (tertiary/aromatic N) is 2. The number of carbonyl (C=O) groups is 3. The van der Waals surface area contributed by atoms with E-state index in [-0.39, 0.29) is 31.4 Å². The number of cyclic esters (lactones) is 1. The number of nitrogens with one attached hydrogen (secondary N) is 2. The summed E-state index contributed by atoms with van der Waals surface area (Å²) in [5.41, 5.74) is 1.16. The molecular formula is C55H100N4O15. The van der Waals surface area contributed by atoms with Crippen LogP contribution in [0.25, 0.3) is 0 Å². The van der Waals surface area contributed by atoms with Crippen molar-refractivity contribution >= 4 is 23.7 Å². The monoisotopic (exact) mass is 1060 g/mol. The van der Waals surface area contributed by atoms with E-state index in [1.807, 2.05) is 32.8 Å². The zero-order chi connectivity index (χ0) is 55.1. The van der Waals surface area contributed by atoms with Crippen LogP contribution in [0, 0.1) is 29.6 Å². The summed E-state index contributed by atoms with van der Waals surface area (Å²) in [6.07, 6.45) is 1.70. The highest BCUT2D eigenvalue weighted by Gasteiger charge is 2.55. The molecule has 1 amide bonds. The first-order chi connectivity index (χ1) is 34.8. The number of ether oxygens (including phenoxy) is 8. The Bertz CT molecular complexity index is 1750. The topological polar surface area (TPSA) is 235 Å². The lowest BCUT2D eigenvalue weighted by Gasteiger charge is -2.49. The van der Waals surface area contributed by atoms with Crippen molar-refractivity contribution in [2.75, 3.05) is 34.4 Å². The van der Waals surface area contributed by atoms with E-state index >= 15 is 0 Å². The molecule has 0 aromatic heterocycles. The third-order valence-electron chi connectivity index (χ3n) is 16.4. The van der Waals surface area contributed by atoms with Gasteiger partial charge in [-0.25, -0.2) is 10.2 Å². The number of hydrogen-bond donors (Lipinski definition) is 5. The van der Waals surface area contributed by atoms with Gasteiger partial charge in [0.25, 0.3) is 0 Å². The van der Waals surface area contributed by atoms with Gasteiger partial charge in [-0.1, -0.05) is 91.1 Å². The maximum Gasteiger partial charge on any atom is 0.422 e. The molecule has 4 aliphatic rings. The van der Waals surface area contributed by atoms with Crippen LogP contribution in [0.15, 0.2) is 5.16 Å². The largest absolute Gasteiger partial charge is 0.459 e. The molecule has 18 atom stereocenters. The second-order valence-electron chi connectivity index (χ2n) is 23.1. The fourth-order valence-electron chi connectivity index (χ4n) is 12.1. The Morgan fingerprint density at radius 3 is 2.18 bits per heavy atom. The quantitative estimate of drug-likeness (QED) is 0.0347. The van der Waals surface area contributed by atoms with E-state index in [0.717, 1.165) is 38.5 Å². The molecule has 0 bridgehead atoms. The zero-order valence-electron chi connectivity index (χ0n) is 47.9. The first kappa shape index (κ1) is 63.8. The van der Waals surface area contributed by atoms with Crippen LogP contribution in [0.5, 0.6) is 0 Å². The molecule has 4 rings (SSSR count). The predicted molar refractivity (Wildman–Crippen MR) is 280 cm³/mol. The van der Waals surface area contributed by atoms with Crippen molar-refractivity contribution in [1.82, 2.24) is 15.8 Å². The molecule has 3 aliphatic heterocycles. The standard InChI is InChI=1S/C55H100N4O15/c1-16-18-19-23-28-56-57-52(63)73-46-41(59(13)14)30-34(4)68-51(46)74-48-36(6)45(72-43-32-54(11,66-15)49(38(8)69-43)70-39(9)60)37(7)50(62)71-42(17-2)55(12,65)47(61)35(5)44(33(3)31-53(48,10)64)58-67-29-24-27-40-25-21-20-22-26-40/h33-38,40-43,45-49,51,56,61,64-65H,16-32H2,1-15H3,(H,57,63)/b58-44+/t33-,34-,35+,36+,37-,38+,41+,42-,43+,45+,46-,47-,48-,49+,51+,53?,54-,55-/m1/s1. The second-order valence-corrected chi connectivity index (χ2v) is 23.1. The molecule has 19 heteroatoms. The van der Waals surface area contributed by atoms with Crippen molar-refractivity contribution in [2.45, 2.75) is 264 Å². The van der Waals surface area contributed by atoms with Gasteiger partial charge in [-0.05, 0) is 100 Å². The Kier molecular flexibility index (Phi) is 25.3. The van der Waals surface area contributed by atoms with E-state index in [9.17, 15) is 29.7 Å². The van der Waals surface area contributed by atoms with Gasteiger partial charge in [0.15, 0.2) is 24.8 Å². The lowest BCUT2D eigenvalue weighted by molar-refractivity contribution is -0.318. The van der Waals surface area contributed by atoms with Crippen LogP contribution < -0.4 is 10.9 Å². The average molecular weight is 1060 g/mol. The summed E-state index contributed by atoms with van der Waals surface area (Å²) in [4.78, 5) is 48.7. The van der Waals surface area contributed by atoms with Crippen molar-refractivity contribution in [1.29, 1.82) is 0 Å². The highest BCUT2D eigenvalue weighted by atomic mass is 16.7. The number of carbonyl (C=O) groups excluding carboxylic acids is 3. The summed E-state index contributed by atoms with van der Waals surface area (Å²) in [5.74, 6) is -4.07. The maximum absolute atomic E-state index is 14.8. The number of unbranched alkanes of at least 4 members (excludes halogenated alkanes) is 3. The van der Waals surface area contributed by atoms with Gasteiger partial charge < -0.3 is 63.0 Å². The molecule has 4 fully saturated rings. The summed E-state index contributed by atoms with van der Waals surface area (Å²) < 4.78 is 51.2. The van der Waals surface area contributed by atoms with E-state index in [1.54, 1.807) is 48.5 Å². The molecule has 19 nitrogen and oxygen atoms in total. The average Bonchev–Trinajstić information content (AvgIpc) is 3.34. The van der Waals surface area contributed by atoms with Crippen LogP contribution in [0.4, 0.5) is 4.79 Å². The molecule has 3 heterocycles. The number of methoxy groups -OCH3 is 1.